The standard InChI is InChI=1S/C35H49N3O4/c1-23(2)28(22-24(3)33(41)42)38(10)32(40)30(34(4,5)6)37-31(39)29(36-9)35(7,8)27-20-18-26(19-21-27)17-16-25-14-12-11-13-15-25/h11-23,28-30,36H,1-10H3,(H,37,39)(H,41,42)/b17-16+,24-22+/t28-,29+,30-/m1/s1. The van der Waals surface area contributed by atoms with E-state index in [-0.39, 0.29) is 23.3 Å². The number of amides is 2. The maximum absolute atomic E-state index is 13.9. The lowest BCUT2D eigenvalue weighted by Crippen LogP contribution is -2.61. The van der Waals surface area contributed by atoms with Gasteiger partial charge in [0.25, 0.3) is 0 Å². The molecule has 7 nitrogen and oxygen atoms in total. The summed E-state index contributed by atoms with van der Waals surface area (Å²) in [4.78, 5) is 40.7. The zero-order valence-corrected chi connectivity index (χ0v) is 26.9. The van der Waals surface area contributed by atoms with Gasteiger partial charge in [0.1, 0.15) is 6.04 Å². The molecule has 228 valence electrons. The Kier molecular flexibility index (Phi) is 11.9. The molecule has 42 heavy (non-hydrogen) atoms. The van der Waals surface area contributed by atoms with Gasteiger partial charge in [0, 0.05) is 18.0 Å². The van der Waals surface area contributed by atoms with E-state index in [1.54, 1.807) is 25.1 Å². The van der Waals surface area contributed by atoms with Crippen LogP contribution >= 0.6 is 0 Å². The summed E-state index contributed by atoms with van der Waals surface area (Å²) in [5.41, 5.74) is 2.14. The maximum atomic E-state index is 13.9. The van der Waals surface area contributed by atoms with Gasteiger partial charge >= 0.3 is 5.97 Å². The molecule has 0 fully saturated rings. The van der Waals surface area contributed by atoms with E-state index in [1.165, 1.54) is 6.92 Å². The lowest BCUT2D eigenvalue weighted by Gasteiger charge is -2.40. The van der Waals surface area contributed by atoms with Crippen LogP contribution in [0.5, 0.6) is 0 Å². The first kappa shape index (κ1) is 34.5. The predicted octanol–water partition coefficient (Wildman–Crippen LogP) is 5.77. The van der Waals surface area contributed by atoms with E-state index >= 15 is 0 Å². The van der Waals surface area contributed by atoms with Gasteiger partial charge in [-0.1, -0.05) is 121 Å². The van der Waals surface area contributed by atoms with E-state index < -0.39 is 34.9 Å². The molecule has 2 amide bonds. The topological polar surface area (TPSA) is 98.7 Å². The van der Waals surface area contributed by atoms with Crippen LogP contribution in [0.2, 0.25) is 0 Å². The molecule has 0 aliphatic heterocycles. The molecule has 2 aromatic carbocycles. The molecule has 0 aliphatic carbocycles. The summed E-state index contributed by atoms with van der Waals surface area (Å²) >= 11 is 0. The van der Waals surface area contributed by atoms with Crippen LogP contribution in [-0.4, -0.2) is 60.0 Å². The molecule has 0 saturated carbocycles. The van der Waals surface area contributed by atoms with Gasteiger partial charge in [-0.25, -0.2) is 4.79 Å². The van der Waals surface area contributed by atoms with Crippen LogP contribution in [-0.2, 0) is 19.8 Å². The molecule has 0 spiro atoms. The van der Waals surface area contributed by atoms with Gasteiger partial charge in [-0.15, -0.1) is 0 Å². The molecule has 0 heterocycles. The Hall–Kier alpha value is -3.71. The van der Waals surface area contributed by atoms with Crippen LogP contribution in [0.3, 0.4) is 0 Å². The van der Waals surface area contributed by atoms with Crippen molar-refractivity contribution < 1.29 is 19.5 Å². The summed E-state index contributed by atoms with van der Waals surface area (Å²) in [5, 5.41) is 15.6. The number of carboxylic acid groups (broad SMARTS) is 1. The van der Waals surface area contributed by atoms with E-state index in [9.17, 15) is 19.5 Å². The number of carbonyl (C=O) groups excluding carboxylic acids is 2. The van der Waals surface area contributed by atoms with Crippen molar-refractivity contribution in [1.29, 1.82) is 0 Å². The number of aliphatic carboxylic acids is 1. The molecule has 0 aliphatic rings. The summed E-state index contributed by atoms with van der Waals surface area (Å²) in [6.45, 7) is 15.1. The molecular formula is C35H49N3O4. The molecule has 0 aromatic heterocycles. The molecule has 0 radical (unpaired) electrons. The lowest BCUT2D eigenvalue weighted by molar-refractivity contribution is -0.141. The fourth-order valence-electron chi connectivity index (χ4n) is 5.07. The van der Waals surface area contributed by atoms with Crippen molar-refractivity contribution in [3.63, 3.8) is 0 Å². The van der Waals surface area contributed by atoms with E-state index in [2.05, 4.69) is 22.8 Å². The highest BCUT2D eigenvalue weighted by atomic mass is 16.4. The lowest BCUT2D eigenvalue weighted by atomic mass is 9.76. The Labute approximate surface area is 252 Å². The first-order chi connectivity index (χ1) is 19.5. The quantitative estimate of drug-likeness (QED) is 0.221. The zero-order chi connectivity index (χ0) is 31.8. The third kappa shape index (κ3) is 8.89. The monoisotopic (exact) mass is 575 g/mol. The number of nitrogens with one attached hydrogen (secondary N) is 2. The Morgan fingerprint density at radius 3 is 1.83 bits per heavy atom. The molecule has 0 unspecified atom stereocenters. The normalized spacial score (nSPS) is 14.9. The van der Waals surface area contributed by atoms with E-state index in [0.717, 1.165) is 16.7 Å². The van der Waals surface area contributed by atoms with Gasteiger partial charge in [-0.3, -0.25) is 9.59 Å². The number of carbonyl (C=O) groups is 3. The summed E-state index contributed by atoms with van der Waals surface area (Å²) in [6.07, 6.45) is 5.72. The van der Waals surface area contributed by atoms with Crippen molar-refractivity contribution in [2.75, 3.05) is 14.1 Å². The Morgan fingerprint density at radius 2 is 1.38 bits per heavy atom. The van der Waals surface area contributed by atoms with Crippen molar-refractivity contribution in [3.05, 3.63) is 82.9 Å². The smallest absolute Gasteiger partial charge is 0.331 e. The van der Waals surface area contributed by atoms with Crippen molar-refractivity contribution in [2.45, 2.75) is 78.9 Å². The number of hydrogen-bond acceptors (Lipinski definition) is 4. The van der Waals surface area contributed by atoms with Gasteiger partial charge in [0.15, 0.2) is 0 Å². The number of benzene rings is 2. The van der Waals surface area contributed by atoms with Crippen LogP contribution in [0.4, 0.5) is 0 Å². The highest BCUT2D eigenvalue weighted by Gasteiger charge is 2.41. The van der Waals surface area contributed by atoms with Gasteiger partial charge in [-0.2, -0.15) is 0 Å². The molecular weight excluding hydrogens is 526 g/mol. The number of nitrogens with zero attached hydrogens (tertiary/aromatic N) is 1. The maximum Gasteiger partial charge on any atom is 0.331 e. The van der Waals surface area contributed by atoms with E-state index in [1.807, 2.05) is 103 Å². The average molecular weight is 576 g/mol. The molecule has 3 N–H and O–H groups in total. The van der Waals surface area contributed by atoms with E-state index in [4.69, 9.17) is 0 Å². The van der Waals surface area contributed by atoms with Crippen LogP contribution in [0, 0.1) is 11.3 Å². The summed E-state index contributed by atoms with van der Waals surface area (Å²) < 4.78 is 0. The summed E-state index contributed by atoms with van der Waals surface area (Å²) in [6, 6.07) is 16.3. The third-order valence-electron chi connectivity index (χ3n) is 7.83. The van der Waals surface area contributed by atoms with Gasteiger partial charge in [-0.05, 0) is 42.0 Å². The van der Waals surface area contributed by atoms with Crippen molar-refractivity contribution in [1.82, 2.24) is 15.5 Å². The minimum atomic E-state index is -1.03. The first-order valence-electron chi connectivity index (χ1n) is 14.5. The Bertz CT molecular complexity index is 1270. The molecule has 7 heteroatoms. The molecule has 2 rings (SSSR count). The number of rotatable bonds is 12. The van der Waals surface area contributed by atoms with Crippen LogP contribution in [0.25, 0.3) is 12.2 Å². The summed E-state index contributed by atoms with van der Waals surface area (Å²) in [5.74, 6) is -1.61. The second kappa shape index (κ2) is 14.5. The van der Waals surface area contributed by atoms with Crippen molar-refractivity contribution >= 4 is 29.9 Å². The fraction of sp³-hybridized carbons (Fsp3) is 0.457. The van der Waals surface area contributed by atoms with Crippen LogP contribution in [0.15, 0.2) is 66.2 Å². The summed E-state index contributed by atoms with van der Waals surface area (Å²) in [7, 11) is 3.41. The predicted molar refractivity (Wildman–Crippen MR) is 172 cm³/mol. The van der Waals surface area contributed by atoms with Gasteiger partial charge in [0.05, 0.1) is 12.1 Å². The minimum Gasteiger partial charge on any atom is -0.478 e. The van der Waals surface area contributed by atoms with Crippen molar-refractivity contribution in [2.24, 2.45) is 11.3 Å². The highest BCUT2D eigenvalue weighted by molar-refractivity contribution is 5.91. The number of carboxylic acids is 1. The van der Waals surface area contributed by atoms with Gasteiger partial charge < -0.3 is 20.6 Å². The highest BCUT2D eigenvalue weighted by Crippen LogP contribution is 2.30. The fourth-order valence-corrected chi connectivity index (χ4v) is 5.07. The van der Waals surface area contributed by atoms with Crippen LogP contribution in [0.1, 0.15) is 72.1 Å². The zero-order valence-electron chi connectivity index (χ0n) is 26.9. The Balaban J connectivity index is 2.30. The second-order valence-corrected chi connectivity index (χ2v) is 13.0. The average Bonchev–Trinajstić information content (AvgIpc) is 2.92. The Morgan fingerprint density at radius 1 is 0.857 bits per heavy atom. The van der Waals surface area contributed by atoms with Crippen LogP contribution < -0.4 is 10.6 Å². The number of hydrogen-bond donors (Lipinski definition) is 3. The van der Waals surface area contributed by atoms with Crippen molar-refractivity contribution in [3.8, 4) is 0 Å². The van der Waals surface area contributed by atoms with E-state index in [0.29, 0.717) is 0 Å². The molecule has 3 atom stereocenters. The molecule has 0 saturated heterocycles. The molecule has 2 aromatic rings. The number of likely N-dealkylation sites (N-methyl/N-ethyl adjacent to an activating group) is 2. The molecule has 0 bridgehead atoms. The van der Waals surface area contributed by atoms with Gasteiger partial charge in [0.2, 0.25) is 11.8 Å². The first-order valence-corrected chi connectivity index (χ1v) is 14.5. The second-order valence-electron chi connectivity index (χ2n) is 13.0. The SMILES string of the molecule is CN[C@@H](C(=O)N[C@H](C(=O)N(C)[C@H](/C=C(\C)C(=O)O)C(C)C)C(C)(C)C)C(C)(C)c1ccc(/C=C/c2ccccc2)cc1. The minimum absolute atomic E-state index is 0.0286. The third-order valence-corrected chi connectivity index (χ3v) is 7.83. The largest absolute Gasteiger partial charge is 0.478 e.